The van der Waals surface area contributed by atoms with Crippen molar-refractivity contribution in [1.29, 1.82) is 0 Å². The third kappa shape index (κ3) is 5.50. The number of amides is 1. The summed E-state index contributed by atoms with van der Waals surface area (Å²) in [5.74, 6) is 0.789. The maximum atomic E-state index is 12.4. The van der Waals surface area contributed by atoms with E-state index in [2.05, 4.69) is 31.0 Å². The van der Waals surface area contributed by atoms with Crippen LogP contribution in [-0.2, 0) is 4.79 Å². The van der Waals surface area contributed by atoms with Crippen molar-refractivity contribution in [3.63, 3.8) is 0 Å². The molecule has 23 heavy (non-hydrogen) atoms. The Morgan fingerprint density at radius 3 is 2.35 bits per heavy atom. The molecule has 4 heteroatoms. The van der Waals surface area contributed by atoms with Gasteiger partial charge in [-0.25, -0.2) is 0 Å². The highest BCUT2D eigenvalue weighted by atomic mass is 35.5. The first kappa shape index (κ1) is 18.3. The highest BCUT2D eigenvalue weighted by Crippen LogP contribution is 2.28. The van der Waals surface area contributed by atoms with E-state index < -0.39 is 0 Å². The molecule has 1 amide bonds. The number of halogens is 1. The topological polar surface area (TPSA) is 32.3 Å². The van der Waals surface area contributed by atoms with Crippen LogP contribution in [0.1, 0.15) is 51.5 Å². The summed E-state index contributed by atoms with van der Waals surface area (Å²) < 4.78 is 0. The van der Waals surface area contributed by atoms with E-state index in [-0.39, 0.29) is 11.8 Å². The molecule has 1 aliphatic heterocycles. The maximum absolute atomic E-state index is 12.4. The number of carbonyl (C=O) groups is 1. The van der Waals surface area contributed by atoms with Crippen LogP contribution in [0.3, 0.4) is 0 Å². The third-order valence-electron chi connectivity index (χ3n) is 4.87. The minimum atomic E-state index is 0.143. The summed E-state index contributed by atoms with van der Waals surface area (Å²) in [6.07, 6.45) is 3.10. The van der Waals surface area contributed by atoms with E-state index in [4.69, 9.17) is 11.6 Å². The molecule has 1 saturated heterocycles. The Morgan fingerprint density at radius 1 is 1.17 bits per heavy atom. The molecule has 2 atom stereocenters. The normalized spacial score (nSPS) is 18.1. The van der Waals surface area contributed by atoms with Crippen LogP contribution in [0.2, 0.25) is 5.02 Å². The Morgan fingerprint density at radius 2 is 1.78 bits per heavy atom. The fraction of sp³-hybridized carbons (Fsp3) is 0.632. The van der Waals surface area contributed by atoms with Crippen molar-refractivity contribution in [1.82, 2.24) is 10.2 Å². The SMILES string of the molecule is CC(C)C(CC(=O)NCC(C)N1CCCC1)c1ccc(Cl)cc1. The lowest BCUT2D eigenvalue weighted by Crippen LogP contribution is -2.41. The molecule has 1 N–H and O–H groups in total. The number of rotatable bonds is 7. The number of benzene rings is 1. The van der Waals surface area contributed by atoms with Crippen molar-refractivity contribution in [2.45, 2.75) is 52.0 Å². The lowest BCUT2D eigenvalue weighted by atomic mass is 9.85. The maximum Gasteiger partial charge on any atom is 0.220 e. The first-order valence-corrected chi connectivity index (χ1v) is 9.11. The summed E-state index contributed by atoms with van der Waals surface area (Å²) in [6.45, 7) is 9.60. The highest BCUT2D eigenvalue weighted by Gasteiger charge is 2.21. The van der Waals surface area contributed by atoms with Gasteiger partial charge in [0.25, 0.3) is 0 Å². The van der Waals surface area contributed by atoms with E-state index >= 15 is 0 Å². The van der Waals surface area contributed by atoms with E-state index in [1.165, 1.54) is 18.4 Å². The molecule has 0 aliphatic carbocycles. The van der Waals surface area contributed by atoms with Crippen LogP contribution < -0.4 is 5.32 Å². The Balaban J connectivity index is 1.86. The summed E-state index contributed by atoms with van der Waals surface area (Å²) in [7, 11) is 0. The first-order valence-electron chi connectivity index (χ1n) is 8.73. The Hall–Kier alpha value is -1.06. The average Bonchev–Trinajstić information content (AvgIpc) is 3.05. The Labute approximate surface area is 145 Å². The zero-order valence-electron chi connectivity index (χ0n) is 14.5. The van der Waals surface area contributed by atoms with E-state index in [9.17, 15) is 4.79 Å². The molecular formula is C19H29ClN2O. The second-order valence-corrected chi connectivity index (χ2v) is 7.44. The fourth-order valence-electron chi connectivity index (χ4n) is 3.29. The summed E-state index contributed by atoms with van der Waals surface area (Å²) in [5.41, 5.74) is 1.19. The van der Waals surface area contributed by atoms with Gasteiger partial charge >= 0.3 is 0 Å². The molecule has 0 saturated carbocycles. The second-order valence-electron chi connectivity index (χ2n) is 7.00. The molecule has 128 valence electrons. The standard InChI is InChI=1S/C19H29ClN2O/c1-14(2)18(16-6-8-17(20)9-7-16)12-19(23)21-13-15(3)22-10-4-5-11-22/h6-9,14-15,18H,4-5,10-13H2,1-3H3,(H,21,23). The summed E-state index contributed by atoms with van der Waals surface area (Å²) >= 11 is 5.96. The molecule has 0 bridgehead atoms. The first-order chi connectivity index (χ1) is 11.0. The van der Waals surface area contributed by atoms with Crippen molar-refractivity contribution >= 4 is 17.5 Å². The van der Waals surface area contributed by atoms with Crippen LogP contribution >= 0.6 is 11.6 Å². The highest BCUT2D eigenvalue weighted by molar-refractivity contribution is 6.30. The van der Waals surface area contributed by atoms with Crippen LogP contribution in [0.4, 0.5) is 0 Å². The minimum Gasteiger partial charge on any atom is -0.355 e. The van der Waals surface area contributed by atoms with Gasteiger partial charge in [0.15, 0.2) is 0 Å². The molecule has 1 aromatic rings. The fourth-order valence-corrected chi connectivity index (χ4v) is 3.42. The van der Waals surface area contributed by atoms with Crippen LogP contribution in [0.15, 0.2) is 24.3 Å². The zero-order valence-corrected chi connectivity index (χ0v) is 15.3. The number of carbonyl (C=O) groups excluding carboxylic acids is 1. The number of nitrogens with one attached hydrogen (secondary N) is 1. The van der Waals surface area contributed by atoms with Gasteiger partial charge in [-0.05, 0) is 62.4 Å². The van der Waals surface area contributed by atoms with Crippen molar-refractivity contribution in [2.24, 2.45) is 5.92 Å². The lowest BCUT2D eigenvalue weighted by molar-refractivity contribution is -0.121. The van der Waals surface area contributed by atoms with Gasteiger partial charge in [0.05, 0.1) is 0 Å². The molecule has 1 aliphatic rings. The zero-order chi connectivity index (χ0) is 16.8. The summed E-state index contributed by atoms with van der Waals surface area (Å²) in [5, 5.41) is 3.86. The lowest BCUT2D eigenvalue weighted by Gasteiger charge is -2.25. The molecular weight excluding hydrogens is 308 g/mol. The minimum absolute atomic E-state index is 0.143. The van der Waals surface area contributed by atoms with Gasteiger partial charge in [0.1, 0.15) is 0 Å². The molecule has 2 unspecified atom stereocenters. The predicted molar refractivity (Wildman–Crippen MR) is 96.9 cm³/mol. The van der Waals surface area contributed by atoms with Gasteiger partial charge in [-0.2, -0.15) is 0 Å². The van der Waals surface area contributed by atoms with Gasteiger partial charge in [0.2, 0.25) is 5.91 Å². The van der Waals surface area contributed by atoms with Crippen molar-refractivity contribution in [3.8, 4) is 0 Å². The molecule has 1 heterocycles. The number of hydrogen-bond donors (Lipinski definition) is 1. The average molecular weight is 337 g/mol. The monoisotopic (exact) mass is 336 g/mol. The third-order valence-corrected chi connectivity index (χ3v) is 5.12. The molecule has 1 aromatic carbocycles. The van der Waals surface area contributed by atoms with Gasteiger partial charge in [-0.3, -0.25) is 9.69 Å². The van der Waals surface area contributed by atoms with E-state index in [1.54, 1.807) is 0 Å². The van der Waals surface area contributed by atoms with E-state index in [0.29, 0.717) is 18.4 Å². The molecule has 3 nitrogen and oxygen atoms in total. The molecule has 0 radical (unpaired) electrons. The van der Waals surface area contributed by atoms with Crippen LogP contribution in [0.5, 0.6) is 0 Å². The molecule has 0 aromatic heterocycles. The quantitative estimate of drug-likeness (QED) is 0.814. The van der Waals surface area contributed by atoms with Crippen molar-refractivity contribution in [3.05, 3.63) is 34.9 Å². The van der Waals surface area contributed by atoms with Crippen molar-refractivity contribution < 1.29 is 4.79 Å². The number of nitrogens with zero attached hydrogens (tertiary/aromatic N) is 1. The van der Waals surface area contributed by atoms with Gasteiger partial charge in [0, 0.05) is 24.0 Å². The van der Waals surface area contributed by atoms with Crippen molar-refractivity contribution in [2.75, 3.05) is 19.6 Å². The predicted octanol–water partition coefficient (Wildman–Crippen LogP) is 4.07. The number of likely N-dealkylation sites (tertiary alicyclic amines) is 1. The van der Waals surface area contributed by atoms with Crippen LogP contribution in [0.25, 0.3) is 0 Å². The molecule has 2 rings (SSSR count). The Kier molecular flexibility index (Phi) is 6.91. The summed E-state index contributed by atoms with van der Waals surface area (Å²) in [6, 6.07) is 8.30. The number of hydrogen-bond acceptors (Lipinski definition) is 2. The van der Waals surface area contributed by atoms with E-state index in [1.807, 2.05) is 24.3 Å². The van der Waals surface area contributed by atoms with Gasteiger partial charge in [-0.1, -0.05) is 37.6 Å². The smallest absolute Gasteiger partial charge is 0.220 e. The largest absolute Gasteiger partial charge is 0.355 e. The molecule has 0 spiro atoms. The van der Waals surface area contributed by atoms with Crippen LogP contribution in [-0.4, -0.2) is 36.5 Å². The second kappa shape index (κ2) is 8.70. The van der Waals surface area contributed by atoms with Gasteiger partial charge < -0.3 is 5.32 Å². The Bertz CT molecular complexity index is 495. The van der Waals surface area contributed by atoms with Crippen LogP contribution in [0, 0.1) is 5.92 Å². The summed E-state index contributed by atoms with van der Waals surface area (Å²) in [4.78, 5) is 14.8. The molecule has 1 fully saturated rings. The van der Waals surface area contributed by atoms with E-state index in [0.717, 1.165) is 24.7 Å². The van der Waals surface area contributed by atoms with Gasteiger partial charge in [-0.15, -0.1) is 0 Å².